The smallest absolute Gasteiger partial charge is 0.253 e. The highest BCUT2D eigenvalue weighted by molar-refractivity contribution is 5.97. The zero-order valence-electron chi connectivity index (χ0n) is 14.7. The van der Waals surface area contributed by atoms with E-state index in [0.717, 1.165) is 32.6 Å². The van der Waals surface area contributed by atoms with Crippen molar-refractivity contribution in [3.63, 3.8) is 0 Å². The highest BCUT2D eigenvalue weighted by Crippen LogP contribution is 2.12. The van der Waals surface area contributed by atoms with Gasteiger partial charge in [-0.25, -0.2) is 0 Å². The molecule has 2 N–H and O–H groups in total. The standard InChI is InChI=1S/C18H27N3O2.ClH/c1-18(2,3)13-20-16(22)14-5-7-15(8-6-14)17(23)21-11-4-9-19-10-12-21;/h5-8,19H,4,9-13H2,1-3H3,(H,20,22);1H. The van der Waals surface area contributed by atoms with Crippen LogP contribution in [0.3, 0.4) is 0 Å². The number of nitrogens with zero attached hydrogens (tertiary/aromatic N) is 1. The summed E-state index contributed by atoms with van der Waals surface area (Å²) < 4.78 is 0. The molecule has 1 saturated heterocycles. The first-order valence-electron chi connectivity index (χ1n) is 8.25. The fraction of sp³-hybridized carbons (Fsp3) is 0.556. The Kier molecular flexibility index (Phi) is 7.70. The lowest BCUT2D eigenvalue weighted by Crippen LogP contribution is -2.34. The highest BCUT2D eigenvalue weighted by atomic mass is 35.5. The van der Waals surface area contributed by atoms with Crippen LogP contribution in [0.1, 0.15) is 47.9 Å². The Morgan fingerprint density at radius 3 is 2.33 bits per heavy atom. The lowest BCUT2D eigenvalue weighted by Gasteiger charge is -2.20. The molecule has 1 aliphatic rings. The van der Waals surface area contributed by atoms with Crippen molar-refractivity contribution in [3.05, 3.63) is 35.4 Å². The third kappa shape index (κ3) is 6.13. The number of carbonyl (C=O) groups excluding carboxylic acids is 2. The van der Waals surface area contributed by atoms with E-state index >= 15 is 0 Å². The molecule has 0 aliphatic carbocycles. The average Bonchev–Trinajstić information content (AvgIpc) is 2.80. The number of carbonyl (C=O) groups is 2. The Bertz CT molecular complexity index is 544. The molecule has 1 fully saturated rings. The fourth-order valence-electron chi connectivity index (χ4n) is 2.44. The molecule has 1 aliphatic heterocycles. The van der Waals surface area contributed by atoms with Gasteiger partial charge in [-0.3, -0.25) is 9.59 Å². The van der Waals surface area contributed by atoms with Gasteiger partial charge >= 0.3 is 0 Å². The predicted molar refractivity (Wildman–Crippen MR) is 98.9 cm³/mol. The molecule has 0 bridgehead atoms. The van der Waals surface area contributed by atoms with E-state index in [2.05, 4.69) is 31.4 Å². The third-order valence-electron chi connectivity index (χ3n) is 3.80. The highest BCUT2D eigenvalue weighted by Gasteiger charge is 2.18. The van der Waals surface area contributed by atoms with Crippen LogP contribution in [0.25, 0.3) is 0 Å². The zero-order chi connectivity index (χ0) is 16.9. The van der Waals surface area contributed by atoms with Crippen molar-refractivity contribution in [3.8, 4) is 0 Å². The quantitative estimate of drug-likeness (QED) is 0.876. The second-order valence-electron chi connectivity index (χ2n) is 7.22. The first-order valence-corrected chi connectivity index (χ1v) is 8.25. The monoisotopic (exact) mass is 353 g/mol. The van der Waals surface area contributed by atoms with Crippen molar-refractivity contribution >= 4 is 24.2 Å². The SMILES string of the molecule is CC(C)(C)CNC(=O)c1ccc(C(=O)N2CCCNCC2)cc1.Cl. The molecule has 5 nitrogen and oxygen atoms in total. The van der Waals surface area contributed by atoms with Crippen LogP contribution in [-0.2, 0) is 0 Å². The van der Waals surface area contributed by atoms with Crippen LogP contribution in [0, 0.1) is 5.41 Å². The van der Waals surface area contributed by atoms with Crippen molar-refractivity contribution in [1.82, 2.24) is 15.5 Å². The van der Waals surface area contributed by atoms with Gasteiger partial charge in [-0.1, -0.05) is 20.8 Å². The Morgan fingerprint density at radius 2 is 1.71 bits per heavy atom. The van der Waals surface area contributed by atoms with E-state index in [1.165, 1.54) is 0 Å². The predicted octanol–water partition coefficient (Wildman–Crippen LogP) is 2.32. The van der Waals surface area contributed by atoms with Crippen LogP contribution in [0.15, 0.2) is 24.3 Å². The number of hydrogen-bond acceptors (Lipinski definition) is 3. The molecule has 0 radical (unpaired) electrons. The van der Waals surface area contributed by atoms with Gasteiger partial charge in [0, 0.05) is 37.3 Å². The van der Waals surface area contributed by atoms with Crippen LogP contribution in [0.2, 0.25) is 0 Å². The first-order chi connectivity index (χ1) is 10.9. The summed E-state index contributed by atoms with van der Waals surface area (Å²) in [6.45, 7) is 10.1. The van der Waals surface area contributed by atoms with Crippen LogP contribution in [0.5, 0.6) is 0 Å². The van der Waals surface area contributed by atoms with Crippen molar-refractivity contribution in [1.29, 1.82) is 0 Å². The summed E-state index contributed by atoms with van der Waals surface area (Å²) >= 11 is 0. The number of halogens is 1. The van der Waals surface area contributed by atoms with E-state index < -0.39 is 0 Å². The molecule has 1 aromatic rings. The van der Waals surface area contributed by atoms with Crippen molar-refractivity contribution in [2.45, 2.75) is 27.2 Å². The summed E-state index contributed by atoms with van der Waals surface area (Å²) in [6.07, 6.45) is 0.971. The largest absolute Gasteiger partial charge is 0.352 e. The Hall–Kier alpha value is -1.59. The molecule has 6 heteroatoms. The number of benzene rings is 1. The minimum absolute atomic E-state index is 0. The summed E-state index contributed by atoms with van der Waals surface area (Å²) in [6, 6.07) is 6.93. The molecule has 1 heterocycles. The topological polar surface area (TPSA) is 61.4 Å². The molecule has 0 unspecified atom stereocenters. The van der Waals surface area contributed by atoms with Gasteiger partial charge in [0.15, 0.2) is 0 Å². The Labute approximate surface area is 150 Å². The number of nitrogens with one attached hydrogen (secondary N) is 2. The Morgan fingerprint density at radius 1 is 1.08 bits per heavy atom. The molecule has 1 aromatic carbocycles. The number of amides is 2. The number of rotatable bonds is 3. The van der Waals surface area contributed by atoms with E-state index in [1.807, 2.05) is 4.90 Å². The summed E-state index contributed by atoms with van der Waals surface area (Å²) in [5, 5.41) is 6.20. The van der Waals surface area contributed by atoms with Crippen molar-refractivity contribution < 1.29 is 9.59 Å². The molecule has 0 saturated carbocycles. The second kappa shape index (κ2) is 9.04. The summed E-state index contributed by atoms with van der Waals surface area (Å²) in [7, 11) is 0. The van der Waals surface area contributed by atoms with E-state index in [4.69, 9.17) is 0 Å². The maximum Gasteiger partial charge on any atom is 0.253 e. The van der Waals surface area contributed by atoms with Gasteiger partial charge in [0.2, 0.25) is 0 Å². The van der Waals surface area contributed by atoms with Crippen molar-refractivity contribution in [2.24, 2.45) is 5.41 Å². The minimum atomic E-state index is -0.0992. The molecular weight excluding hydrogens is 326 g/mol. The summed E-state index contributed by atoms with van der Waals surface area (Å²) in [5.74, 6) is -0.0618. The molecule has 24 heavy (non-hydrogen) atoms. The van der Waals surface area contributed by atoms with Gasteiger partial charge in [0.05, 0.1) is 0 Å². The van der Waals surface area contributed by atoms with Gasteiger partial charge in [-0.2, -0.15) is 0 Å². The molecule has 0 spiro atoms. The van der Waals surface area contributed by atoms with Crippen LogP contribution in [-0.4, -0.2) is 49.4 Å². The fourth-order valence-corrected chi connectivity index (χ4v) is 2.44. The summed E-state index contributed by atoms with van der Waals surface area (Å²) in [5.41, 5.74) is 1.27. The van der Waals surface area contributed by atoms with E-state index in [-0.39, 0.29) is 29.6 Å². The Balaban J connectivity index is 0.00000288. The molecule has 2 amide bonds. The average molecular weight is 354 g/mol. The van der Waals surface area contributed by atoms with Gasteiger partial charge < -0.3 is 15.5 Å². The van der Waals surface area contributed by atoms with Crippen LogP contribution in [0.4, 0.5) is 0 Å². The normalized spacial score (nSPS) is 15.2. The van der Waals surface area contributed by atoms with Gasteiger partial charge in [0.25, 0.3) is 11.8 Å². The van der Waals surface area contributed by atoms with Gasteiger partial charge in [-0.15, -0.1) is 12.4 Å². The maximum absolute atomic E-state index is 12.5. The lowest BCUT2D eigenvalue weighted by atomic mass is 9.97. The van der Waals surface area contributed by atoms with E-state index in [1.54, 1.807) is 24.3 Å². The van der Waals surface area contributed by atoms with E-state index in [9.17, 15) is 9.59 Å². The second-order valence-corrected chi connectivity index (χ2v) is 7.22. The molecule has 0 aromatic heterocycles. The molecular formula is C18H28ClN3O2. The van der Waals surface area contributed by atoms with Crippen LogP contribution < -0.4 is 10.6 Å². The van der Waals surface area contributed by atoms with Crippen LogP contribution >= 0.6 is 12.4 Å². The van der Waals surface area contributed by atoms with Crippen molar-refractivity contribution in [2.75, 3.05) is 32.7 Å². The molecule has 0 atom stereocenters. The zero-order valence-corrected chi connectivity index (χ0v) is 15.5. The number of hydrogen-bond donors (Lipinski definition) is 2. The minimum Gasteiger partial charge on any atom is -0.352 e. The first kappa shape index (κ1) is 20.5. The lowest BCUT2D eigenvalue weighted by molar-refractivity contribution is 0.0765. The van der Waals surface area contributed by atoms with Gasteiger partial charge in [0.1, 0.15) is 0 Å². The maximum atomic E-state index is 12.5. The van der Waals surface area contributed by atoms with E-state index in [0.29, 0.717) is 17.7 Å². The molecule has 2 rings (SSSR count). The van der Waals surface area contributed by atoms with Gasteiger partial charge in [-0.05, 0) is 42.6 Å². The molecule has 134 valence electrons. The third-order valence-corrected chi connectivity index (χ3v) is 3.80. The summed E-state index contributed by atoms with van der Waals surface area (Å²) in [4.78, 5) is 26.5.